The summed E-state index contributed by atoms with van der Waals surface area (Å²) < 4.78 is 22.5. The van der Waals surface area contributed by atoms with E-state index >= 15 is 0 Å². The molecule has 0 aromatic heterocycles. The van der Waals surface area contributed by atoms with Crippen LogP contribution in [0, 0.1) is 0 Å². The monoisotopic (exact) mass is 230 g/mol. The fourth-order valence-corrected chi connectivity index (χ4v) is 1.84. The molecule has 1 atom stereocenters. The third kappa shape index (κ3) is 2.68. The second-order valence-electron chi connectivity index (χ2n) is 3.33. The van der Waals surface area contributed by atoms with Gasteiger partial charge in [-0.05, 0) is 18.2 Å². The van der Waals surface area contributed by atoms with Gasteiger partial charge in [-0.3, -0.25) is 0 Å². The van der Waals surface area contributed by atoms with Gasteiger partial charge in [-0.25, -0.2) is 8.42 Å². The van der Waals surface area contributed by atoms with Crippen molar-refractivity contribution in [2.24, 2.45) is 11.5 Å². The van der Waals surface area contributed by atoms with Crippen LogP contribution in [0.2, 0.25) is 0 Å². The summed E-state index contributed by atoms with van der Waals surface area (Å²) in [4.78, 5) is 0.124. The second-order valence-corrected chi connectivity index (χ2v) is 5.35. The summed E-state index contributed by atoms with van der Waals surface area (Å²) in [7, 11) is -3.29. The van der Waals surface area contributed by atoms with Crippen LogP contribution in [0.4, 0.5) is 0 Å². The third-order valence-electron chi connectivity index (χ3n) is 2.08. The van der Waals surface area contributed by atoms with Crippen LogP contribution in [0.5, 0.6) is 5.75 Å². The van der Waals surface area contributed by atoms with E-state index in [1.165, 1.54) is 18.2 Å². The molecule has 0 unspecified atom stereocenters. The molecule has 6 heteroatoms. The van der Waals surface area contributed by atoms with Crippen molar-refractivity contribution in [3.05, 3.63) is 23.8 Å². The Morgan fingerprint density at radius 2 is 2.07 bits per heavy atom. The molecule has 0 aliphatic carbocycles. The number of hydrogen-bond acceptors (Lipinski definition) is 5. The number of hydrogen-bond donors (Lipinski definition) is 3. The van der Waals surface area contributed by atoms with Crippen LogP contribution in [0.1, 0.15) is 11.6 Å². The third-order valence-corrected chi connectivity index (χ3v) is 3.19. The Hall–Kier alpha value is -1.11. The molecule has 0 heterocycles. The predicted octanol–water partition coefficient (Wildman–Crippen LogP) is -0.246. The average Bonchev–Trinajstić information content (AvgIpc) is 2.15. The summed E-state index contributed by atoms with van der Waals surface area (Å²) in [6, 6.07) is 3.42. The first-order chi connectivity index (χ1) is 6.86. The van der Waals surface area contributed by atoms with Crippen molar-refractivity contribution in [3.8, 4) is 5.75 Å². The lowest BCUT2D eigenvalue weighted by Crippen LogP contribution is -2.21. The van der Waals surface area contributed by atoms with Gasteiger partial charge in [0, 0.05) is 24.4 Å². The molecule has 5 N–H and O–H groups in total. The van der Waals surface area contributed by atoms with E-state index in [2.05, 4.69) is 0 Å². The van der Waals surface area contributed by atoms with Crippen molar-refractivity contribution in [2.45, 2.75) is 10.9 Å². The van der Waals surface area contributed by atoms with Gasteiger partial charge in [0.1, 0.15) is 5.75 Å². The summed E-state index contributed by atoms with van der Waals surface area (Å²) >= 11 is 0. The minimum atomic E-state index is -3.29. The van der Waals surface area contributed by atoms with Crippen molar-refractivity contribution >= 4 is 9.84 Å². The number of nitrogens with two attached hydrogens (primary N) is 2. The van der Waals surface area contributed by atoms with Gasteiger partial charge in [-0.15, -0.1) is 0 Å². The normalized spacial score (nSPS) is 13.8. The average molecular weight is 230 g/mol. The molecular formula is C9H14N2O3S. The van der Waals surface area contributed by atoms with Crippen LogP contribution in [-0.2, 0) is 9.84 Å². The maximum Gasteiger partial charge on any atom is 0.175 e. The number of sulfone groups is 1. The molecule has 0 spiro atoms. The number of aromatic hydroxyl groups is 1. The standard InChI is InChI=1S/C9H14N2O3S/c1-15(13,14)6-2-3-9(12)7(4-6)8(11)5-10/h2-4,8,12H,5,10-11H2,1H3/t8-/m0/s1. The zero-order valence-corrected chi connectivity index (χ0v) is 9.16. The molecule has 1 aromatic rings. The first-order valence-corrected chi connectivity index (χ1v) is 6.24. The Morgan fingerprint density at radius 1 is 1.47 bits per heavy atom. The van der Waals surface area contributed by atoms with E-state index in [4.69, 9.17) is 11.5 Å². The first kappa shape index (κ1) is 12.0. The molecule has 84 valence electrons. The fourth-order valence-electron chi connectivity index (χ4n) is 1.19. The minimum absolute atomic E-state index is 0.0413. The Morgan fingerprint density at radius 3 is 2.53 bits per heavy atom. The van der Waals surface area contributed by atoms with Gasteiger partial charge in [0.15, 0.2) is 9.84 Å². The molecular weight excluding hydrogens is 216 g/mol. The smallest absolute Gasteiger partial charge is 0.175 e. The van der Waals surface area contributed by atoms with Gasteiger partial charge in [0.05, 0.1) is 4.90 Å². The van der Waals surface area contributed by atoms with Crippen LogP contribution in [0.15, 0.2) is 23.1 Å². The molecule has 1 rings (SSSR count). The predicted molar refractivity (Wildman–Crippen MR) is 57.2 cm³/mol. The van der Waals surface area contributed by atoms with E-state index in [-0.39, 0.29) is 17.2 Å². The van der Waals surface area contributed by atoms with E-state index in [9.17, 15) is 13.5 Å². The number of benzene rings is 1. The van der Waals surface area contributed by atoms with E-state index < -0.39 is 15.9 Å². The Bertz CT molecular complexity index is 456. The number of phenols is 1. The van der Waals surface area contributed by atoms with Gasteiger partial charge < -0.3 is 16.6 Å². The maximum absolute atomic E-state index is 11.3. The van der Waals surface area contributed by atoms with Gasteiger partial charge in [-0.1, -0.05) is 0 Å². The first-order valence-electron chi connectivity index (χ1n) is 4.35. The minimum Gasteiger partial charge on any atom is -0.508 e. The molecule has 0 bridgehead atoms. The summed E-state index contributed by atoms with van der Waals surface area (Å²) in [5, 5.41) is 9.47. The van der Waals surface area contributed by atoms with Gasteiger partial charge in [-0.2, -0.15) is 0 Å². The lowest BCUT2D eigenvalue weighted by molar-refractivity contribution is 0.461. The highest BCUT2D eigenvalue weighted by molar-refractivity contribution is 7.90. The van der Waals surface area contributed by atoms with Gasteiger partial charge >= 0.3 is 0 Å². The Kier molecular flexibility index (Phi) is 3.33. The molecule has 0 saturated carbocycles. The van der Waals surface area contributed by atoms with Crippen molar-refractivity contribution in [1.29, 1.82) is 0 Å². The fraction of sp³-hybridized carbons (Fsp3) is 0.333. The molecule has 15 heavy (non-hydrogen) atoms. The lowest BCUT2D eigenvalue weighted by Gasteiger charge is -2.12. The van der Waals surface area contributed by atoms with Gasteiger partial charge in [0.25, 0.3) is 0 Å². The molecule has 0 saturated heterocycles. The van der Waals surface area contributed by atoms with E-state index in [0.29, 0.717) is 5.56 Å². The van der Waals surface area contributed by atoms with Crippen molar-refractivity contribution in [3.63, 3.8) is 0 Å². The summed E-state index contributed by atoms with van der Waals surface area (Å²) in [6.45, 7) is 0.140. The van der Waals surface area contributed by atoms with Gasteiger partial charge in [0.2, 0.25) is 0 Å². The largest absolute Gasteiger partial charge is 0.508 e. The van der Waals surface area contributed by atoms with Crippen LogP contribution in [0.3, 0.4) is 0 Å². The Labute approximate surface area is 88.6 Å². The molecule has 0 radical (unpaired) electrons. The highest BCUT2D eigenvalue weighted by Crippen LogP contribution is 2.25. The van der Waals surface area contributed by atoms with E-state index in [1.807, 2.05) is 0 Å². The van der Waals surface area contributed by atoms with Crippen molar-refractivity contribution < 1.29 is 13.5 Å². The summed E-state index contributed by atoms with van der Waals surface area (Å²) in [5.41, 5.74) is 11.3. The zero-order chi connectivity index (χ0) is 11.6. The van der Waals surface area contributed by atoms with Crippen LogP contribution in [-0.4, -0.2) is 26.3 Å². The lowest BCUT2D eigenvalue weighted by atomic mass is 10.1. The van der Waals surface area contributed by atoms with Crippen molar-refractivity contribution in [1.82, 2.24) is 0 Å². The molecule has 0 amide bonds. The summed E-state index contributed by atoms with van der Waals surface area (Å²) in [5.74, 6) is -0.0413. The molecule has 0 fully saturated rings. The van der Waals surface area contributed by atoms with Crippen LogP contribution in [0.25, 0.3) is 0 Å². The highest BCUT2D eigenvalue weighted by atomic mass is 32.2. The van der Waals surface area contributed by atoms with Crippen LogP contribution >= 0.6 is 0 Å². The number of phenolic OH excluding ortho intramolecular Hbond substituents is 1. The number of rotatable bonds is 3. The van der Waals surface area contributed by atoms with E-state index in [1.54, 1.807) is 0 Å². The zero-order valence-electron chi connectivity index (χ0n) is 8.34. The van der Waals surface area contributed by atoms with E-state index in [0.717, 1.165) is 6.26 Å². The Balaban J connectivity index is 3.29. The summed E-state index contributed by atoms with van der Waals surface area (Å²) in [6.07, 6.45) is 1.09. The highest BCUT2D eigenvalue weighted by Gasteiger charge is 2.14. The SMILES string of the molecule is CS(=O)(=O)c1ccc(O)c([C@@H](N)CN)c1. The molecule has 0 aliphatic rings. The topological polar surface area (TPSA) is 106 Å². The second kappa shape index (κ2) is 4.18. The molecule has 0 aliphatic heterocycles. The quantitative estimate of drug-likeness (QED) is 0.664. The van der Waals surface area contributed by atoms with Crippen molar-refractivity contribution in [2.75, 3.05) is 12.8 Å². The molecule has 1 aromatic carbocycles. The molecule has 5 nitrogen and oxygen atoms in total. The maximum atomic E-state index is 11.3. The van der Waals surface area contributed by atoms with Crippen LogP contribution < -0.4 is 11.5 Å².